The van der Waals surface area contributed by atoms with Crippen molar-refractivity contribution in [3.05, 3.63) is 36.2 Å². The zero-order valence-electron chi connectivity index (χ0n) is 13.8. The minimum Gasteiger partial charge on any atom is -0.368 e. The molecule has 1 atom stereocenters. The van der Waals surface area contributed by atoms with E-state index in [0.717, 1.165) is 16.5 Å². The van der Waals surface area contributed by atoms with Crippen LogP contribution in [0.15, 0.2) is 30.5 Å². The summed E-state index contributed by atoms with van der Waals surface area (Å²) in [5.74, 6) is -0.564. The van der Waals surface area contributed by atoms with Crippen molar-refractivity contribution in [2.45, 2.75) is 33.7 Å². The number of aryl methyl sites for hydroxylation is 1. The third kappa shape index (κ3) is 3.77. The van der Waals surface area contributed by atoms with Gasteiger partial charge in [-0.05, 0) is 24.5 Å². The van der Waals surface area contributed by atoms with Crippen molar-refractivity contribution in [1.29, 1.82) is 0 Å². The van der Waals surface area contributed by atoms with Crippen LogP contribution in [0.4, 0.5) is 10.5 Å². The largest absolute Gasteiger partial charge is 0.368 e. The Hall–Kier alpha value is -2.63. The molecule has 1 aromatic heterocycles. The van der Waals surface area contributed by atoms with Gasteiger partial charge in [0.05, 0.1) is 5.69 Å². The maximum Gasteiger partial charge on any atom is 0.319 e. The lowest BCUT2D eigenvalue weighted by molar-refractivity contribution is -0.122. The van der Waals surface area contributed by atoms with Gasteiger partial charge in [0.1, 0.15) is 6.04 Å². The summed E-state index contributed by atoms with van der Waals surface area (Å²) in [6.07, 6.45) is 1.70. The maximum absolute atomic E-state index is 12.3. The van der Waals surface area contributed by atoms with Crippen LogP contribution in [0.25, 0.3) is 10.8 Å². The summed E-state index contributed by atoms with van der Waals surface area (Å²) < 4.78 is 0. The van der Waals surface area contributed by atoms with Gasteiger partial charge in [-0.2, -0.15) is 0 Å². The van der Waals surface area contributed by atoms with Crippen LogP contribution in [-0.2, 0) is 4.79 Å². The average molecular weight is 314 g/mol. The van der Waals surface area contributed by atoms with Crippen molar-refractivity contribution in [3.8, 4) is 0 Å². The van der Waals surface area contributed by atoms with Gasteiger partial charge in [-0.15, -0.1) is 0 Å². The summed E-state index contributed by atoms with van der Waals surface area (Å²) in [5, 5.41) is 7.28. The number of urea groups is 1. The molecule has 0 fully saturated rings. The number of hydrogen-bond acceptors (Lipinski definition) is 3. The lowest BCUT2D eigenvalue weighted by Gasteiger charge is -2.28. The fraction of sp³-hybridized carbons (Fsp3) is 0.353. The molecule has 4 N–H and O–H groups in total. The molecule has 0 saturated carbocycles. The number of rotatable bonds is 3. The molecule has 1 heterocycles. The summed E-state index contributed by atoms with van der Waals surface area (Å²) in [7, 11) is 0. The quantitative estimate of drug-likeness (QED) is 0.812. The molecule has 2 rings (SSSR count). The van der Waals surface area contributed by atoms with Crippen LogP contribution in [0.1, 0.15) is 26.5 Å². The van der Waals surface area contributed by atoms with Crippen molar-refractivity contribution in [3.63, 3.8) is 0 Å². The fourth-order valence-corrected chi connectivity index (χ4v) is 2.47. The molecule has 0 aliphatic heterocycles. The Bertz CT molecular complexity index is 750. The van der Waals surface area contributed by atoms with E-state index in [1.54, 1.807) is 12.3 Å². The first-order valence-corrected chi connectivity index (χ1v) is 7.41. The van der Waals surface area contributed by atoms with Crippen molar-refractivity contribution < 1.29 is 9.59 Å². The Labute approximate surface area is 135 Å². The van der Waals surface area contributed by atoms with Gasteiger partial charge in [-0.3, -0.25) is 9.78 Å². The number of carbonyl (C=O) groups excluding carboxylic acids is 2. The molecule has 23 heavy (non-hydrogen) atoms. The summed E-state index contributed by atoms with van der Waals surface area (Å²) in [6.45, 7) is 7.44. The number of nitrogens with zero attached hydrogens (tertiary/aromatic N) is 1. The van der Waals surface area contributed by atoms with E-state index in [2.05, 4.69) is 15.6 Å². The van der Waals surface area contributed by atoms with E-state index >= 15 is 0 Å². The van der Waals surface area contributed by atoms with E-state index < -0.39 is 23.4 Å². The molecule has 0 saturated heterocycles. The molecule has 0 aliphatic rings. The van der Waals surface area contributed by atoms with Crippen LogP contribution >= 0.6 is 0 Å². The topological polar surface area (TPSA) is 97.1 Å². The summed E-state index contributed by atoms with van der Waals surface area (Å²) >= 11 is 0. The Balaban J connectivity index is 2.24. The highest BCUT2D eigenvalue weighted by Crippen LogP contribution is 2.25. The second-order valence-electron chi connectivity index (χ2n) is 6.60. The number of benzene rings is 1. The van der Waals surface area contributed by atoms with Crippen LogP contribution in [0.3, 0.4) is 0 Å². The highest BCUT2D eigenvalue weighted by atomic mass is 16.2. The smallest absolute Gasteiger partial charge is 0.319 e. The average Bonchev–Trinajstić information content (AvgIpc) is 2.44. The standard InChI is InChI=1S/C17H22N4O2/c1-10-11-6-5-7-13(12(11)8-9-19-10)20-16(23)21-14(15(18)22)17(2,3)4/h5-9,14H,1-4H3,(H2,18,22)(H2,20,21,23)/t14-/m1/s1. The van der Waals surface area contributed by atoms with E-state index in [4.69, 9.17) is 5.73 Å². The number of pyridine rings is 1. The molecule has 0 radical (unpaired) electrons. The predicted octanol–water partition coefficient (Wildman–Crippen LogP) is 2.56. The third-order valence-electron chi connectivity index (χ3n) is 3.68. The van der Waals surface area contributed by atoms with Crippen molar-refractivity contribution in [2.24, 2.45) is 11.1 Å². The van der Waals surface area contributed by atoms with Gasteiger partial charge in [0.2, 0.25) is 5.91 Å². The van der Waals surface area contributed by atoms with E-state index in [-0.39, 0.29) is 0 Å². The number of anilines is 1. The first kappa shape index (κ1) is 16.7. The lowest BCUT2D eigenvalue weighted by Crippen LogP contribution is -2.53. The Morgan fingerprint density at radius 1 is 1.17 bits per heavy atom. The van der Waals surface area contributed by atoms with Gasteiger partial charge in [-0.25, -0.2) is 4.79 Å². The van der Waals surface area contributed by atoms with E-state index in [1.807, 2.05) is 45.9 Å². The molecule has 0 bridgehead atoms. The lowest BCUT2D eigenvalue weighted by atomic mass is 9.86. The van der Waals surface area contributed by atoms with Crippen LogP contribution < -0.4 is 16.4 Å². The van der Waals surface area contributed by atoms with Crippen LogP contribution in [0, 0.1) is 12.3 Å². The molecule has 6 nitrogen and oxygen atoms in total. The van der Waals surface area contributed by atoms with Crippen molar-refractivity contribution >= 4 is 28.4 Å². The number of hydrogen-bond donors (Lipinski definition) is 3. The van der Waals surface area contributed by atoms with Crippen molar-refractivity contribution in [1.82, 2.24) is 10.3 Å². The van der Waals surface area contributed by atoms with Crippen LogP contribution in [0.5, 0.6) is 0 Å². The van der Waals surface area contributed by atoms with Crippen LogP contribution in [0.2, 0.25) is 0 Å². The minimum absolute atomic E-state index is 0.467. The highest BCUT2D eigenvalue weighted by Gasteiger charge is 2.31. The molecular weight excluding hydrogens is 292 g/mol. The van der Waals surface area contributed by atoms with E-state index in [1.165, 1.54) is 0 Å². The predicted molar refractivity (Wildman–Crippen MR) is 91.1 cm³/mol. The zero-order valence-corrected chi connectivity index (χ0v) is 13.8. The van der Waals surface area contributed by atoms with Gasteiger partial charge in [0.15, 0.2) is 0 Å². The maximum atomic E-state index is 12.3. The minimum atomic E-state index is -0.763. The Kier molecular flexibility index (Phi) is 4.54. The first-order chi connectivity index (χ1) is 10.7. The van der Waals surface area contributed by atoms with Gasteiger partial charge in [-0.1, -0.05) is 32.9 Å². The summed E-state index contributed by atoms with van der Waals surface area (Å²) in [6, 6.07) is 6.21. The Morgan fingerprint density at radius 3 is 2.48 bits per heavy atom. The third-order valence-corrected chi connectivity index (χ3v) is 3.68. The Morgan fingerprint density at radius 2 is 1.87 bits per heavy atom. The zero-order chi connectivity index (χ0) is 17.2. The fourth-order valence-electron chi connectivity index (χ4n) is 2.47. The normalized spacial score (nSPS) is 12.7. The second kappa shape index (κ2) is 6.24. The number of aromatic nitrogens is 1. The molecular formula is C17H22N4O2. The highest BCUT2D eigenvalue weighted by molar-refractivity contribution is 6.03. The molecule has 0 aliphatic carbocycles. The van der Waals surface area contributed by atoms with Gasteiger partial charge < -0.3 is 16.4 Å². The monoisotopic (exact) mass is 314 g/mol. The van der Waals surface area contributed by atoms with Crippen molar-refractivity contribution in [2.75, 3.05) is 5.32 Å². The second-order valence-corrected chi connectivity index (χ2v) is 6.60. The summed E-state index contributed by atoms with van der Waals surface area (Å²) in [4.78, 5) is 28.1. The summed E-state index contributed by atoms with van der Waals surface area (Å²) in [5.41, 5.74) is 6.46. The molecule has 0 unspecified atom stereocenters. The molecule has 2 aromatic rings. The van der Waals surface area contributed by atoms with E-state index in [9.17, 15) is 9.59 Å². The van der Waals surface area contributed by atoms with Crippen LogP contribution in [-0.4, -0.2) is 23.0 Å². The SMILES string of the molecule is Cc1nccc2c(NC(=O)N[C@H](C(N)=O)C(C)(C)C)cccc12. The number of nitrogens with two attached hydrogens (primary N) is 1. The van der Waals surface area contributed by atoms with Gasteiger partial charge in [0, 0.05) is 22.7 Å². The first-order valence-electron chi connectivity index (χ1n) is 7.41. The molecule has 0 spiro atoms. The number of carbonyl (C=O) groups is 2. The number of fused-ring (bicyclic) bond motifs is 1. The number of primary amides is 1. The van der Waals surface area contributed by atoms with Gasteiger partial charge in [0.25, 0.3) is 0 Å². The number of amides is 3. The molecule has 1 aromatic carbocycles. The molecule has 6 heteroatoms. The van der Waals surface area contributed by atoms with Gasteiger partial charge >= 0.3 is 6.03 Å². The number of nitrogens with one attached hydrogen (secondary N) is 2. The molecule has 3 amide bonds. The van der Waals surface area contributed by atoms with E-state index in [0.29, 0.717) is 5.69 Å². The molecule has 122 valence electrons.